The number of thioether (sulfide) groups is 1. The molecule has 2 aromatic heterocycles. The van der Waals surface area contributed by atoms with Crippen LogP contribution in [-0.2, 0) is 28.8 Å². The van der Waals surface area contributed by atoms with Crippen molar-refractivity contribution in [3.8, 4) is 11.5 Å². The van der Waals surface area contributed by atoms with E-state index in [2.05, 4.69) is 20.4 Å². The van der Waals surface area contributed by atoms with E-state index in [1.807, 2.05) is 30.3 Å². The van der Waals surface area contributed by atoms with Crippen molar-refractivity contribution in [3.05, 3.63) is 42.0 Å². The zero-order chi connectivity index (χ0) is 17.6. The third kappa shape index (κ3) is 4.24. The molecule has 0 atom stereocenters. The maximum absolute atomic E-state index is 11.5. The highest BCUT2D eigenvalue weighted by molar-refractivity contribution is 7.98. The van der Waals surface area contributed by atoms with Gasteiger partial charge >= 0.3 is 5.97 Å². The summed E-state index contributed by atoms with van der Waals surface area (Å²) in [6, 6.07) is 9.58. The minimum absolute atomic E-state index is 0.0939. The molecule has 0 aliphatic rings. The van der Waals surface area contributed by atoms with E-state index in [0.29, 0.717) is 35.1 Å². The zero-order valence-corrected chi connectivity index (χ0v) is 14.7. The van der Waals surface area contributed by atoms with Gasteiger partial charge in [0, 0.05) is 12.6 Å². The van der Waals surface area contributed by atoms with Crippen LogP contribution in [0.4, 0.5) is 0 Å². The highest BCUT2D eigenvalue weighted by Gasteiger charge is 2.15. The predicted molar refractivity (Wildman–Crippen MR) is 90.6 cm³/mol. The van der Waals surface area contributed by atoms with Crippen LogP contribution in [0, 0.1) is 0 Å². The van der Waals surface area contributed by atoms with E-state index < -0.39 is 0 Å². The van der Waals surface area contributed by atoms with Gasteiger partial charge in [0.05, 0.1) is 12.4 Å². The fourth-order valence-corrected chi connectivity index (χ4v) is 2.87. The highest BCUT2D eigenvalue weighted by atomic mass is 32.2. The average molecular weight is 359 g/mol. The van der Waals surface area contributed by atoms with Crippen LogP contribution in [0.3, 0.4) is 0 Å². The quantitative estimate of drug-likeness (QED) is 0.468. The minimum atomic E-state index is -0.320. The zero-order valence-electron chi connectivity index (χ0n) is 13.9. The number of aromatic nitrogens is 5. The molecule has 0 aliphatic carbocycles. The van der Waals surface area contributed by atoms with Crippen molar-refractivity contribution in [2.45, 2.75) is 24.3 Å². The van der Waals surface area contributed by atoms with Gasteiger partial charge in [-0.2, -0.15) is 0 Å². The van der Waals surface area contributed by atoms with Gasteiger partial charge in [0.15, 0.2) is 5.16 Å². The van der Waals surface area contributed by atoms with E-state index >= 15 is 0 Å². The Morgan fingerprint density at radius 1 is 1.20 bits per heavy atom. The number of carbonyl (C=O) groups excluding carboxylic acids is 1. The molecule has 0 unspecified atom stereocenters. The Morgan fingerprint density at radius 2 is 2.00 bits per heavy atom. The summed E-state index contributed by atoms with van der Waals surface area (Å²) in [4.78, 5) is 11.5. The Kier molecular flexibility index (Phi) is 5.44. The second-order valence-corrected chi connectivity index (χ2v) is 6.04. The Balaban J connectivity index is 1.62. The summed E-state index contributed by atoms with van der Waals surface area (Å²) in [7, 11) is 1.81. The molecule has 25 heavy (non-hydrogen) atoms. The van der Waals surface area contributed by atoms with Gasteiger partial charge in [0.25, 0.3) is 0 Å². The molecule has 8 nitrogen and oxygen atoms in total. The first-order chi connectivity index (χ1) is 12.2. The molecule has 1 aromatic carbocycles. The number of benzene rings is 1. The Labute approximate surface area is 148 Å². The van der Waals surface area contributed by atoms with Crippen LogP contribution in [0.15, 0.2) is 39.9 Å². The largest absolute Gasteiger partial charge is 0.466 e. The van der Waals surface area contributed by atoms with Crippen molar-refractivity contribution in [1.29, 1.82) is 0 Å². The Morgan fingerprint density at radius 3 is 2.76 bits per heavy atom. The van der Waals surface area contributed by atoms with Crippen LogP contribution in [0.1, 0.15) is 18.6 Å². The normalized spacial score (nSPS) is 10.8. The molecular weight excluding hydrogens is 342 g/mol. The molecule has 2 heterocycles. The third-order valence-corrected chi connectivity index (χ3v) is 4.35. The van der Waals surface area contributed by atoms with Crippen molar-refractivity contribution < 1.29 is 13.9 Å². The third-order valence-electron chi connectivity index (χ3n) is 3.35. The van der Waals surface area contributed by atoms with Crippen LogP contribution < -0.4 is 0 Å². The number of ether oxygens (including phenoxy) is 1. The lowest BCUT2D eigenvalue weighted by Gasteiger charge is -2.03. The van der Waals surface area contributed by atoms with Crippen molar-refractivity contribution >= 4 is 17.7 Å². The fraction of sp³-hybridized carbons (Fsp3) is 0.312. The average Bonchev–Trinajstić information content (AvgIpc) is 3.22. The first kappa shape index (κ1) is 17.2. The van der Waals surface area contributed by atoms with E-state index in [0.717, 1.165) is 5.56 Å². The highest BCUT2D eigenvalue weighted by Crippen LogP contribution is 2.23. The number of carbonyl (C=O) groups is 1. The second-order valence-electron chi connectivity index (χ2n) is 5.10. The van der Waals surface area contributed by atoms with Gasteiger partial charge in [-0.3, -0.25) is 4.79 Å². The first-order valence-electron chi connectivity index (χ1n) is 7.72. The number of esters is 1. The molecule has 0 N–H and O–H groups in total. The van der Waals surface area contributed by atoms with Gasteiger partial charge in [-0.15, -0.1) is 20.4 Å². The second kappa shape index (κ2) is 7.93. The van der Waals surface area contributed by atoms with Crippen molar-refractivity contribution in [2.24, 2.45) is 7.05 Å². The van der Waals surface area contributed by atoms with Gasteiger partial charge in [-0.25, -0.2) is 0 Å². The van der Waals surface area contributed by atoms with E-state index in [-0.39, 0.29) is 12.4 Å². The summed E-state index contributed by atoms with van der Waals surface area (Å²) in [5.74, 6) is 1.68. The van der Waals surface area contributed by atoms with Crippen molar-refractivity contribution in [2.75, 3.05) is 6.61 Å². The fourth-order valence-electron chi connectivity index (χ4n) is 2.10. The molecule has 130 valence electrons. The molecule has 0 saturated carbocycles. The number of rotatable bonds is 7. The van der Waals surface area contributed by atoms with Crippen molar-refractivity contribution in [3.63, 3.8) is 0 Å². The summed E-state index contributed by atoms with van der Waals surface area (Å²) in [6.07, 6.45) is 0.0939. The van der Waals surface area contributed by atoms with Crippen LogP contribution in [0.2, 0.25) is 0 Å². The minimum Gasteiger partial charge on any atom is -0.466 e. The van der Waals surface area contributed by atoms with Crippen LogP contribution >= 0.6 is 11.8 Å². The molecule has 0 spiro atoms. The SMILES string of the molecule is CCOC(=O)Cc1nnc(SCc2nnc(-c3ccccc3)o2)n1C. The summed E-state index contributed by atoms with van der Waals surface area (Å²) < 4.78 is 12.3. The molecular formula is C16H17N5O3S. The number of nitrogens with zero attached hydrogens (tertiary/aromatic N) is 5. The van der Waals surface area contributed by atoms with Gasteiger partial charge in [-0.1, -0.05) is 30.0 Å². The monoisotopic (exact) mass is 359 g/mol. The first-order valence-corrected chi connectivity index (χ1v) is 8.70. The predicted octanol–water partition coefficient (Wildman–Crippen LogP) is 2.26. The molecule has 3 rings (SSSR count). The lowest BCUT2D eigenvalue weighted by atomic mass is 10.2. The van der Waals surface area contributed by atoms with Gasteiger partial charge in [0.1, 0.15) is 12.2 Å². The molecule has 0 radical (unpaired) electrons. The van der Waals surface area contributed by atoms with Gasteiger partial charge in [0.2, 0.25) is 11.8 Å². The molecule has 3 aromatic rings. The molecule has 0 aliphatic heterocycles. The molecule has 0 fully saturated rings. The lowest BCUT2D eigenvalue weighted by molar-refractivity contribution is -0.142. The Bertz CT molecular complexity index is 847. The molecule has 0 bridgehead atoms. The van der Waals surface area contributed by atoms with E-state index in [1.165, 1.54) is 11.8 Å². The lowest BCUT2D eigenvalue weighted by Crippen LogP contribution is -2.11. The molecule has 9 heteroatoms. The van der Waals surface area contributed by atoms with Crippen LogP contribution in [-0.4, -0.2) is 37.5 Å². The van der Waals surface area contributed by atoms with Crippen LogP contribution in [0.5, 0.6) is 0 Å². The van der Waals surface area contributed by atoms with Crippen molar-refractivity contribution in [1.82, 2.24) is 25.0 Å². The van der Waals surface area contributed by atoms with E-state index in [1.54, 1.807) is 18.5 Å². The summed E-state index contributed by atoms with van der Waals surface area (Å²) in [5.41, 5.74) is 0.877. The van der Waals surface area contributed by atoms with Gasteiger partial charge < -0.3 is 13.7 Å². The molecule has 0 saturated heterocycles. The van der Waals surface area contributed by atoms with E-state index in [9.17, 15) is 4.79 Å². The number of hydrogen-bond acceptors (Lipinski definition) is 8. The topological polar surface area (TPSA) is 95.9 Å². The maximum Gasteiger partial charge on any atom is 0.313 e. The maximum atomic E-state index is 11.5. The Hall–Kier alpha value is -2.68. The summed E-state index contributed by atoms with van der Waals surface area (Å²) >= 11 is 1.41. The smallest absolute Gasteiger partial charge is 0.313 e. The summed E-state index contributed by atoms with van der Waals surface area (Å²) in [5, 5.41) is 16.9. The summed E-state index contributed by atoms with van der Waals surface area (Å²) in [6.45, 7) is 2.11. The van der Waals surface area contributed by atoms with Crippen LogP contribution in [0.25, 0.3) is 11.5 Å². The van der Waals surface area contributed by atoms with E-state index in [4.69, 9.17) is 9.15 Å². The molecule has 0 amide bonds. The standard InChI is InChI=1S/C16H17N5O3S/c1-3-23-14(22)9-12-17-20-16(21(12)2)25-10-13-18-19-15(24-13)11-7-5-4-6-8-11/h4-8H,3,9-10H2,1-2H3. The van der Waals surface area contributed by atoms with Gasteiger partial charge in [-0.05, 0) is 19.1 Å². The number of hydrogen-bond donors (Lipinski definition) is 0.